The second-order valence-electron chi connectivity index (χ2n) is 10.8. The minimum Gasteiger partial charge on any atom is -0.379 e. The first kappa shape index (κ1) is 25.3. The van der Waals surface area contributed by atoms with Gasteiger partial charge in [-0.2, -0.15) is 0 Å². The molecule has 3 saturated carbocycles. The smallest absolute Gasteiger partial charge is 0.315 e. The summed E-state index contributed by atoms with van der Waals surface area (Å²) in [4.78, 5) is 33.6. The van der Waals surface area contributed by atoms with Crippen molar-refractivity contribution in [3.63, 3.8) is 0 Å². The third kappa shape index (κ3) is 6.04. The molecule has 0 bridgehead atoms. The van der Waals surface area contributed by atoms with Crippen LogP contribution in [0.2, 0.25) is 0 Å². The normalized spacial score (nSPS) is 21.5. The highest BCUT2D eigenvalue weighted by Crippen LogP contribution is 2.30. The van der Waals surface area contributed by atoms with Gasteiger partial charge in [0, 0.05) is 36.4 Å². The summed E-state index contributed by atoms with van der Waals surface area (Å²) in [5.74, 6) is -0.507. The van der Waals surface area contributed by atoms with Crippen molar-refractivity contribution in [1.29, 1.82) is 0 Å². The third-order valence-electron chi connectivity index (χ3n) is 7.76. The quantitative estimate of drug-likeness (QED) is 0.293. The molecule has 0 saturated heterocycles. The molecule has 3 aliphatic rings. The Balaban J connectivity index is 1.13. The lowest BCUT2D eigenvalue weighted by molar-refractivity contribution is 0.102. The number of hydrogen-bond donors (Lipinski definition) is 5. The van der Waals surface area contributed by atoms with Gasteiger partial charge in [0.15, 0.2) is 17.2 Å². The Bertz CT molecular complexity index is 1340. The van der Waals surface area contributed by atoms with Crippen molar-refractivity contribution in [2.24, 2.45) is 0 Å². The maximum absolute atomic E-state index is 14.1. The van der Waals surface area contributed by atoms with E-state index in [1.807, 2.05) is 6.07 Å². The van der Waals surface area contributed by atoms with E-state index in [1.54, 1.807) is 0 Å². The van der Waals surface area contributed by atoms with Gasteiger partial charge in [-0.3, -0.25) is 9.78 Å². The van der Waals surface area contributed by atoms with Crippen LogP contribution in [0.4, 0.5) is 26.4 Å². The lowest BCUT2D eigenvalue weighted by Crippen LogP contribution is -2.47. The summed E-state index contributed by atoms with van der Waals surface area (Å²) in [6.45, 7) is 0. The number of aromatic nitrogens is 4. The molecule has 0 radical (unpaired) electrons. The fourth-order valence-corrected chi connectivity index (χ4v) is 5.48. The largest absolute Gasteiger partial charge is 0.379 e. The number of rotatable bonds is 8. The molecule has 3 aliphatic carbocycles. The molecule has 6 rings (SSSR count). The van der Waals surface area contributed by atoms with E-state index in [9.17, 15) is 14.0 Å². The second-order valence-corrected chi connectivity index (χ2v) is 10.8. The van der Waals surface area contributed by atoms with Gasteiger partial charge in [0.25, 0.3) is 5.91 Å². The summed E-state index contributed by atoms with van der Waals surface area (Å²) in [6.07, 6.45) is 14.1. The van der Waals surface area contributed by atoms with E-state index in [-0.39, 0.29) is 29.5 Å². The monoisotopic (exact) mass is 535 g/mol. The Morgan fingerprint density at radius 2 is 1.51 bits per heavy atom. The van der Waals surface area contributed by atoms with Crippen LogP contribution in [0.1, 0.15) is 74.7 Å². The van der Waals surface area contributed by atoms with Gasteiger partial charge in [0.05, 0.1) is 23.8 Å². The number of urea groups is 1. The van der Waals surface area contributed by atoms with E-state index in [2.05, 4.69) is 41.7 Å². The summed E-state index contributed by atoms with van der Waals surface area (Å²) in [5, 5.41) is 20.5. The van der Waals surface area contributed by atoms with Crippen molar-refractivity contribution in [3.8, 4) is 0 Å². The maximum atomic E-state index is 14.1. The zero-order chi connectivity index (χ0) is 26.8. The molecule has 11 nitrogen and oxygen atoms in total. The molecule has 0 aliphatic heterocycles. The number of imidazole rings is 1. The molecular formula is C27H34FN9O2. The Labute approximate surface area is 225 Å². The van der Waals surface area contributed by atoms with Gasteiger partial charge in [-0.15, -0.1) is 5.10 Å². The molecule has 12 heteroatoms. The summed E-state index contributed by atoms with van der Waals surface area (Å²) in [6, 6.07) is 4.31. The zero-order valence-electron chi connectivity index (χ0n) is 21.8. The first-order valence-corrected chi connectivity index (χ1v) is 13.9. The molecule has 3 aromatic heterocycles. The highest BCUT2D eigenvalue weighted by molar-refractivity contribution is 6.03. The number of halogens is 1. The fourth-order valence-electron chi connectivity index (χ4n) is 5.48. The maximum Gasteiger partial charge on any atom is 0.315 e. The molecule has 39 heavy (non-hydrogen) atoms. The first-order chi connectivity index (χ1) is 19.0. The van der Waals surface area contributed by atoms with Crippen LogP contribution in [-0.4, -0.2) is 55.7 Å². The first-order valence-electron chi connectivity index (χ1n) is 13.9. The van der Waals surface area contributed by atoms with Crippen LogP contribution in [0, 0.1) is 5.82 Å². The molecular weight excluding hydrogens is 501 g/mol. The van der Waals surface area contributed by atoms with Crippen LogP contribution < -0.4 is 26.6 Å². The number of carbonyl (C=O) groups is 2. The van der Waals surface area contributed by atoms with Gasteiger partial charge in [0.1, 0.15) is 5.82 Å². The van der Waals surface area contributed by atoms with Crippen LogP contribution in [0.5, 0.6) is 0 Å². The van der Waals surface area contributed by atoms with Crippen molar-refractivity contribution < 1.29 is 14.0 Å². The minimum atomic E-state index is -0.618. The second kappa shape index (κ2) is 11.0. The Morgan fingerprint density at radius 1 is 0.846 bits per heavy atom. The summed E-state index contributed by atoms with van der Waals surface area (Å²) < 4.78 is 15.6. The zero-order valence-corrected chi connectivity index (χ0v) is 21.8. The Kier molecular flexibility index (Phi) is 7.16. The Morgan fingerprint density at radius 3 is 2.23 bits per heavy atom. The predicted octanol–water partition coefficient (Wildman–Crippen LogP) is 4.05. The number of fused-ring (bicyclic) bond motifs is 1. The number of nitrogens with one attached hydrogen (secondary N) is 5. The molecule has 3 fully saturated rings. The van der Waals surface area contributed by atoms with Crippen molar-refractivity contribution >= 4 is 34.8 Å². The number of hydrogen-bond acceptors (Lipinski definition) is 7. The molecule has 0 atom stereocenters. The number of amides is 3. The lowest BCUT2D eigenvalue weighted by Gasteiger charge is -2.30. The summed E-state index contributed by atoms with van der Waals surface area (Å²) in [7, 11) is 0. The minimum absolute atomic E-state index is 0.0397. The number of anilines is 3. The number of nitrogens with zero attached hydrogens (tertiary/aromatic N) is 4. The molecule has 5 N–H and O–H groups in total. The fraction of sp³-hybridized carbons (Fsp3) is 0.519. The average Bonchev–Trinajstić information content (AvgIpc) is 3.39. The van der Waals surface area contributed by atoms with Crippen molar-refractivity contribution in [3.05, 3.63) is 42.2 Å². The molecule has 0 unspecified atom stereocenters. The molecule has 3 amide bonds. The van der Waals surface area contributed by atoms with E-state index in [1.165, 1.54) is 35.8 Å². The number of carbonyl (C=O) groups excluding carboxylic acids is 2. The predicted molar refractivity (Wildman–Crippen MR) is 145 cm³/mol. The van der Waals surface area contributed by atoms with E-state index in [0.29, 0.717) is 23.5 Å². The van der Waals surface area contributed by atoms with Gasteiger partial charge >= 0.3 is 6.03 Å². The highest BCUT2D eigenvalue weighted by Gasteiger charge is 2.27. The standard InChI is InChI=1S/C27H34FN9O2/c28-20-14-29-12-11-21(20)35-26(38)23-15-30-25-22(31-17-5-6-17)13-24(36-37(23)25)32-18-7-9-19(10-8-18)34-27(39)33-16-3-1-2-4-16/h11-19,31H,1-10H2,(H,32,36)(H,29,35,38)(H2,33,34,39). The van der Waals surface area contributed by atoms with Gasteiger partial charge in [-0.05, 0) is 57.4 Å². The van der Waals surface area contributed by atoms with Gasteiger partial charge in [-0.25, -0.2) is 18.7 Å². The average molecular weight is 536 g/mol. The SMILES string of the molecule is O=C(NC1CCCC1)NC1CCC(Nc2cc(NC3CC3)c3ncc(C(=O)Nc4ccncc4F)n3n2)CC1. The molecule has 3 heterocycles. The van der Waals surface area contributed by atoms with Crippen LogP contribution >= 0.6 is 0 Å². The van der Waals surface area contributed by atoms with Gasteiger partial charge in [-0.1, -0.05) is 12.8 Å². The topological polar surface area (TPSA) is 137 Å². The summed E-state index contributed by atoms with van der Waals surface area (Å²) >= 11 is 0. The molecule has 0 aromatic carbocycles. The molecule has 0 spiro atoms. The van der Waals surface area contributed by atoms with E-state index in [4.69, 9.17) is 0 Å². The lowest BCUT2D eigenvalue weighted by atomic mass is 9.91. The third-order valence-corrected chi connectivity index (χ3v) is 7.76. The van der Waals surface area contributed by atoms with Crippen molar-refractivity contribution in [2.75, 3.05) is 16.0 Å². The van der Waals surface area contributed by atoms with Crippen LogP contribution in [-0.2, 0) is 0 Å². The highest BCUT2D eigenvalue weighted by atomic mass is 19.1. The van der Waals surface area contributed by atoms with Crippen LogP contribution in [0.3, 0.4) is 0 Å². The van der Waals surface area contributed by atoms with E-state index >= 15 is 0 Å². The van der Waals surface area contributed by atoms with E-state index in [0.717, 1.165) is 63.3 Å². The van der Waals surface area contributed by atoms with Crippen LogP contribution in [0.15, 0.2) is 30.7 Å². The van der Waals surface area contributed by atoms with Crippen molar-refractivity contribution in [2.45, 2.75) is 88.4 Å². The summed E-state index contributed by atoms with van der Waals surface area (Å²) in [5.41, 5.74) is 1.57. The Hall–Kier alpha value is -3.96. The van der Waals surface area contributed by atoms with Gasteiger partial charge in [0.2, 0.25) is 0 Å². The molecule has 3 aromatic rings. The molecule has 206 valence electrons. The van der Waals surface area contributed by atoms with Crippen LogP contribution in [0.25, 0.3) is 5.65 Å². The number of pyridine rings is 1. The van der Waals surface area contributed by atoms with Gasteiger partial charge < -0.3 is 26.6 Å². The van der Waals surface area contributed by atoms with E-state index < -0.39 is 11.7 Å². The van der Waals surface area contributed by atoms with Crippen molar-refractivity contribution in [1.82, 2.24) is 30.2 Å².